The van der Waals surface area contributed by atoms with Gasteiger partial charge in [-0.2, -0.15) is 0 Å². The Hall–Kier alpha value is -0.870. The van der Waals surface area contributed by atoms with Crippen molar-refractivity contribution in [2.24, 2.45) is 11.8 Å². The highest BCUT2D eigenvalue weighted by Gasteiger charge is 2.37. The SMILES string of the molecule is CNCCCN(C1CCN(C(=O)C(C)C)CC1)N(C(=O)CCCNS)C1CCN(CC(C)C)CC1. The molecule has 9 heteroatoms. The average molecular weight is 513 g/mol. The van der Waals surface area contributed by atoms with Gasteiger partial charge in [-0.3, -0.25) is 19.3 Å². The first-order chi connectivity index (χ1) is 16.8. The van der Waals surface area contributed by atoms with Crippen LogP contribution in [0.2, 0.25) is 0 Å². The number of amides is 2. The molecule has 2 saturated heterocycles. The van der Waals surface area contributed by atoms with Crippen LogP contribution in [0.4, 0.5) is 0 Å². The summed E-state index contributed by atoms with van der Waals surface area (Å²) in [5.41, 5.74) is 0. The summed E-state index contributed by atoms with van der Waals surface area (Å²) in [6.07, 6.45) is 6.21. The molecular weight excluding hydrogens is 460 g/mol. The highest BCUT2D eigenvalue weighted by Crippen LogP contribution is 2.26. The average Bonchev–Trinajstić information content (AvgIpc) is 2.84. The van der Waals surface area contributed by atoms with Crippen LogP contribution in [0, 0.1) is 11.8 Å². The summed E-state index contributed by atoms with van der Waals surface area (Å²) in [7, 11) is 1.98. The van der Waals surface area contributed by atoms with Gasteiger partial charge in [-0.05, 0) is 58.0 Å². The van der Waals surface area contributed by atoms with E-state index in [0.29, 0.717) is 18.4 Å². The minimum Gasteiger partial charge on any atom is -0.342 e. The fourth-order valence-electron chi connectivity index (χ4n) is 5.49. The minimum atomic E-state index is 0.0350. The number of piperidine rings is 2. The standard InChI is InChI=1S/C26H52N6O2S/c1-21(2)20-29-16-9-24(10-17-29)32(25(33)8-6-14-28-35)31(15-7-13-27-5)23-11-18-30(19-12-23)26(34)22(3)4/h21-24,27-28,35H,6-20H2,1-5H3. The minimum absolute atomic E-state index is 0.0350. The molecule has 0 unspecified atom stereocenters. The number of hydrogen-bond donors (Lipinski definition) is 3. The van der Waals surface area contributed by atoms with E-state index in [1.807, 2.05) is 25.8 Å². The zero-order chi connectivity index (χ0) is 25.8. The van der Waals surface area contributed by atoms with Gasteiger partial charge in [0, 0.05) is 64.2 Å². The number of hydrazine groups is 1. The van der Waals surface area contributed by atoms with Crippen molar-refractivity contribution in [2.75, 3.05) is 59.4 Å². The van der Waals surface area contributed by atoms with Crippen molar-refractivity contribution >= 4 is 24.6 Å². The first-order valence-electron chi connectivity index (χ1n) is 13.9. The molecule has 2 heterocycles. The van der Waals surface area contributed by atoms with Crippen LogP contribution >= 0.6 is 12.8 Å². The summed E-state index contributed by atoms with van der Waals surface area (Å²) in [6, 6.07) is 0.545. The number of hydrogen-bond acceptors (Lipinski definition) is 7. The second kappa shape index (κ2) is 16.1. The number of carbonyl (C=O) groups is 2. The van der Waals surface area contributed by atoms with Gasteiger partial charge in [-0.1, -0.05) is 40.5 Å². The van der Waals surface area contributed by atoms with Crippen molar-refractivity contribution < 1.29 is 9.59 Å². The molecule has 0 aromatic carbocycles. The Morgan fingerprint density at radius 1 is 0.943 bits per heavy atom. The number of nitrogens with zero attached hydrogens (tertiary/aromatic N) is 4. The maximum Gasteiger partial charge on any atom is 0.237 e. The second-order valence-corrected chi connectivity index (χ2v) is 11.3. The number of thiol groups is 1. The Labute approximate surface area is 220 Å². The molecule has 2 aliphatic rings. The van der Waals surface area contributed by atoms with Crippen molar-refractivity contribution in [3.8, 4) is 0 Å². The first-order valence-corrected chi connectivity index (χ1v) is 14.3. The molecule has 0 radical (unpaired) electrons. The molecule has 0 saturated carbocycles. The van der Waals surface area contributed by atoms with Gasteiger partial charge < -0.3 is 15.1 Å². The molecule has 204 valence electrons. The van der Waals surface area contributed by atoms with Crippen molar-refractivity contribution in [1.29, 1.82) is 0 Å². The van der Waals surface area contributed by atoms with Crippen LogP contribution in [0.1, 0.15) is 72.6 Å². The number of nitrogens with one attached hydrogen (secondary N) is 2. The first kappa shape index (κ1) is 30.4. The largest absolute Gasteiger partial charge is 0.342 e. The molecule has 0 spiro atoms. The molecule has 0 aromatic rings. The van der Waals surface area contributed by atoms with E-state index in [4.69, 9.17) is 0 Å². The predicted octanol–water partition coefficient (Wildman–Crippen LogP) is 2.62. The maximum atomic E-state index is 13.7. The Morgan fingerprint density at radius 3 is 2.11 bits per heavy atom. The third-order valence-corrected chi connectivity index (χ3v) is 7.47. The summed E-state index contributed by atoms with van der Waals surface area (Å²) < 4.78 is 2.88. The number of rotatable bonds is 14. The van der Waals surface area contributed by atoms with Crippen molar-refractivity contribution in [3.63, 3.8) is 0 Å². The Balaban J connectivity index is 2.17. The van der Waals surface area contributed by atoms with Crippen molar-refractivity contribution in [1.82, 2.24) is 29.9 Å². The molecule has 2 fully saturated rings. The zero-order valence-corrected chi connectivity index (χ0v) is 23.9. The van der Waals surface area contributed by atoms with E-state index in [-0.39, 0.29) is 23.8 Å². The molecule has 2 N–H and O–H groups in total. The fraction of sp³-hybridized carbons (Fsp3) is 0.923. The van der Waals surface area contributed by atoms with Crippen LogP contribution < -0.4 is 10.0 Å². The lowest BCUT2D eigenvalue weighted by atomic mass is 10.00. The lowest BCUT2D eigenvalue weighted by molar-refractivity contribution is -0.169. The Bertz CT molecular complexity index is 619. The van der Waals surface area contributed by atoms with E-state index < -0.39 is 0 Å². The molecule has 0 atom stereocenters. The summed E-state index contributed by atoms with van der Waals surface area (Å²) in [5.74, 6) is 1.18. The molecular formula is C26H52N6O2S. The molecule has 8 nitrogen and oxygen atoms in total. The smallest absolute Gasteiger partial charge is 0.237 e. The van der Waals surface area contributed by atoms with Crippen molar-refractivity contribution in [3.05, 3.63) is 0 Å². The van der Waals surface area contributed by atoms with E-state index in [1.165, 1.54) is 0 Å². The van der Waals surface area contributed by atoms with Gasteiger partial charge in [0.05, 0.1) is 6.04 Å². The fourth-order valence-corrected chi connectivity index (χ4v) is 5.64. The topological polar surface area (TPSA) is 71.2 Å². The van der Waals surface area contributed by atoms with E-state index in [9.17, 15) is 9.59 Å². The van der Waals surface area contributed by atoms with Crippen LogP contribution in [-0.2, 0) is 9.59 Å². The highest BCUT2D eigenvalue weighted by molar-refractivity contribution is 7.78. The van der Waals surface area contributed by atoms with Gasteiger partial charge in [-0.25, -0.2) is 5.01 Å². The van der Waals surface area contributed by atoms with Gasteiger partial charge in [0.25, 0.3) is 0 Å². The molecule has 0 aliphatic carbocycles. The van der Waals surface area contributed by atoms with E-state index in [2.05, 4.69) is 51.6 Å². The normalized spacial score (nSPS) is 18.7. The summed E-state index contributed by atoms with van der Waals surface area (Å²) in [4.78, 5) is 30.8. The maximum absolute atomic E-state index is 13.7. The van der Waals surface area contributed by atoms with Crippen molar-refractivity contribution in [2.45, 2.75) is 84.7 Å². The van der Waals surface area contributed by atoms with E-state index >= 15 is 0 Å². The molecule has 0 aromatic heterocycles. The van der Waals surface area contributed by atoms with Crippen LogP contribution in [0.5, 0.6) is 0 Å². The summed E-state index contributed by atoms with van der Waals surface area (Å²) >= 11 is 4.10. The van der Waals surface area contributed by atoms with Crippen LogP contribution in [0.3, 0.4) is 0 Å². The molecule has 2 rings (SSSR count). The van der Waals surface area contributed by atoms with E-state index in [1.54, 1.807) is 0 Å². The third-order valence-electron chi connectivity index (χ3n) is 7.24. The van der Waals surface area contributed by atoms with Gasteiger partial charge in [0.1, 0.15) is 0 Å². The quantitative estimate of drug-likeness (QED) is 0.189. The number of likely N-dealkylation sites (tertiary alicyclic amines) is 2. The van der Waals surface area contributed by atoms with Gasteiger partial charge in [0.15, 0.2) is 0 Å². The third kappa shape index (κ3) is 9.84. The number of carbonyl (C=O) groups excluding carboxylic acids is 2. The van der Waals surface area contributed by atoms with Crippen LogP contribution in [-0.4, -0.2) is 103 Å². The zero-order valence-electron chi connectivity index (χ0n) is 23.0. The Morgan fingerprint density at radius 2 is 1.57 bits per heavy atom. The monoisotopic (exact) mass is 512 g/mol. The van der Waals surface area contributed by atoms with Gasteiger partial charge in [0.2, 0.25) is 11.8 Å². The molecule has 0 bridgehead atoms. The van der Waals surface area contributed by atoms with Crippen LogP contribution in [0.15, 0.2) is 0 Å². The lowest BCUT2D eigenvalue weighted by Crippen LogP contribution is -2.60. The highest BCUT2D eigenvalue weighted by atomic mass is 32.1. The summed E-state index contributed by atoms with van der Waals surface area (Å²) in [6.45, 7) is 15.8. The molecule has 2 aliphatic heterocycles. The van der Waals surface area contributed by atoms with Gasteiger partial charge >= 0.3 is 0 Å². The molecule has 2 amide bonds. The predicted molar refractivity (Wildman–Crippen MR) is 147 cm³/mol. The lowest BCUT2D eigenvalue weighted by Gasteiger charge is -2.49. The van der Waals surface area contributed by atoms with E-state index in [0.717, 1.165) is 90.9 Å². The Kier molecular flexibility index (Phi) is 13.9. The summed E-state index contributed by atoms with van der Waals surface area (Å²) in [5, 5.41) is 7.85. The van der Waals surface area contributed by atoms with Crippen LogP contribution in [0.25, 0.3) is 0 Å². The molecule has 35 heavy (non-hydrogen) atoms. The van der Waals surface area contributed by atoms with Gasteiger partial charge in [-0.15, -0.1) is 0 Å². The second-order valence-electron chi connectivity index (χ2n) is 11.0.